The quantitative estimate of drug-likeness (QED) is 0.548. The van der Waals surface area contributed by atoms with Gasteiger partial charge in [0.1, 0.15) is 24.0 Å². The highest BCUT2D eigenvalue weighted by atomic mass is 16.5. The summed E-state index contributed by atoms with van der Waals surface area (Å²) in [7, 11) is 0. The first kappa shape index (κ1) is 23.6. The van der Waals surface area contributed by atoms with Gasteiger partial charge < -0.3 is 19.3 Å². The molecule has 1 aliphatic rings. The average molecular weight is 438 g/mol. The fraction of sp³-hybridized carbons (Fsp3) is 0.462. The zero-order valence-electron chi connectivity index (χ0n) is 19.4. The van der Waals surface area contributed by atoms with Crippen molar-refractivity contribution in [1.29, 1.82) is 5.26 Å². The predicted octanol–water partition coefficient (Wildman–Crippen LogP) is 5.83. The van der Waals surface area contributed by atoms with Crippen molar-refractivity contribution < 1.29 is 24.1 Å². The number of aliphatic hydroxyl groups is 1. The molecule has 6 heteroatoms. The average Bonchev–Trinajstić information content (AvgIpc) is 2.71. The molecule has 1 heterocycles. The normalized spacial score (nSPS) is 13.9. The number of benzene rings is 2. The van der Waals surface area contributed by atoms with Gasteiger partial charge in [-0.2, -0.15) is 5.26 Å². The number of fused-ring (bicyclic) bond motifs is 2. The van der Waals surface area contributed by atoms with Crippen molar-refractivity contribution in [3.05, 3.63) is 52.1 Å². The van der Waals surface area contributed by atoms with Crippen LogP contribution in [0.2, 0.25) is 0 Å². The Morgan fingerprint density at radius 3 is 2.59 bits per heavy atom. The number of nitrogens with zero attached hydrogens (tertiary/aromatic N) is 1. The number of ether oxygens (including phenoxy) is 3. The summed E-state index contributed by atoms with van der Waals surface area (Å²) in [5, 5.41) is 20.5. The highest BCUT2D eigenvalue weighted by molar-refractivity contribution is 5.96. The Bertz CT molecular complexity index is 1040. The topological polar surface area (TPSA) is 88.8 Å². The molecule has 0 bridgehead atoms. The molecule has 0 radical (unpaired) electrons. The summed E-state index contributed by atoms with van der Waals surface area (Å²) >= 11 is 0. The lowest BCUT2D eigenvalue weighted by atomic mass is 9.92. The minimum absolute atomic E-state index is 0.000525. The highest BCUT2D eigenvalue weighted by Crippen LogP contribution is 2.42. The van der Waals surface area contributed by atoms with Gasteiger partial charge in [0.25, 0.3) is 0 Å². The summed E-state index contributed by atoms with van der Waals surface area (Å²) in [6, 6.07) is 9.13. The van der Waals surface area contributed by atoms with E-state index >= 15 is 0 Å². The van der Waals surface area contributed by atoms with Crippen LogP contribution in [0.4, 0.5) is 0 Å². The van der Waals surface area contributed by atoms with Crippen LogP contribution >= 0.6 is 0 Å². The van der Waals surface area contributed by atoms with E-state index in [9.17, 15) is 15.2 Å². The fourth-order valence-electron chi connectivity index (χ4n) is 3.73. The first-order chi connectivity index (χ1) is 15.2. The number of carbonyl (C=O) groups is 1. The van der Waals surface area contributed by atoms with E-state index < -0.39 is 12.1 Å². The van der Waals surface area contributed by atoms with E-state index in [4.69, 9.17) is 14.2 Å². The van der Waals surface area contributed by atoms with Gasteiger partial charge in [-0.1, -0.05) is 33.8 Å². The van der Waals surface area contributed by atoms with Crippen LogP contribution in [-0.2, 0) is 11.3 Å². The van der Waals surface area contributed by atoms with Gasteiger partial charge in [0.15, 0.2) is 11.5 Å². The van der Waals surface area contributed by atoms with Crippen LogP contribution in [0.1, 0.15) is 79.3 Å². The predicted molar refractivity (Wildman–Crippen MR) is 121 cm³/mol. The maximum atomic E-state index is 12.9. The summed E-state index contributed by atoms with van der Waals surface area (Å²) in [4.78, 5) is 12.9. The van der Waals surface area contributed by atoms with E-state index in [2.05, 4.69) is 19.9 Å². The summed E-state index contributed by atoms with van der Waals surface area (Å²) in [6.07, 6.45) is 0.501. The number of cyclic esters (lactones) is 1. The lowest BCUT2D eigenvalue weighted by Crippen LogP contribution is -2.16. The lowest BCUT2D eigenvalue weighted by Gasteiger charge is -2.23. The Hall–Kier alpha value is -3.04. The van der Waals surface area contributed by atoms with Crippen LogP contribution in [-0.4, -0.2) is 17.7 Å². The summed E-state index contributed by atoms with van der Waals surface area (Å²) in [5.74, 6) is 1.34. The second-order valence-electron chi connectivity index (χ2n) is 9.12. The van der Waals surface area contributed by atoms with Crippen molar-refractivity contribution in [3.63, 3.8) is 0 Å². The number of nitriles is 1. The smallest absolute Gasteiger partial charge is 0.343 e. The van der Waals surface area contributed by atoms with Gasteiger partial charge in [0.05, 0.1) is 18.3 Å². The number of hydrogen-bond acceptors (Lipinski definition) is 6. The molecule has 2 aromatic carbocycles. The van der Waals surface area contributed by atoms with Gasteiger partial charge in [-0.25, -0.2) is 4.79 Å². The van der Waals surface area contributed by atoms with E-state index in [0.717, 1.165) is 12.0 Å². The molecule has 2 aromatic rings. The SMILES string of the molecule is Cc1cc2c(c(OCCC(C)C)c1)Oc1ccc(C(O)CC(C)C)c(C#N)c1C(=O)OC2. The van der Waals surface area contributed by atoms with Crippen molar-refractivity contribution in [2.75, 3.05) is 6.61 Å². The third-order valence-electron chi connectivity index (χ3n) is 5.37. The number of hydrogen-bond donors (Lipinski definition) is 1. The molecule has 32 heavy (non-hydrogen) atoms. The Labute approximate surface area is 189 Å². The number of rotatable bonds is 7. The molecule has 1 N–H and O–H groups in total. The Morgan fingerprint density at radius 1 is 1.19 bits per heavy atom. The molecule has 0 aromatic heterocycles. The fourth-order valence-corrected chi connectivity index (χ4v) is 3.73. The molecule has 170 valence electrons. The summed E-state index contributed by atoms with van der Waals surface area (Å²) < 4.78 is 17.8. The lowest BCUT2D eigenvalue weighted by molar-refractivity contribution is 0.0457. The highest BCUT2D eigenvalue weighted by Gasteiger charge is 2.29. The molecular formula is C26H31NO5. The Balaban J connectivity index is 2.07. The number of aryl methyl sites for hydroxylation is 1. The molecule has 1 atom stereocenters. The number of carbonyl (C=O) groups excluding carboxylic acids is 1. The minimum atomic E-state index is -0.863. The van der Waals surface area contributed by atoms with E-state index in [0.29, 0.717) is 41.6 Å². The summed E-state index contributed by atoms with van der Waals surface area (Å²) in [5.41, 5.74) is 2.18. The first-order valence-corrected chi connectivity index (χ1v) is 11.1. The Kier molecular flexibility index (Phi) is 7.42. The third kappa shape index (κ3) is 5.23. The van der Waals surface area contributed by atoms with Gasteiger partial charge >= 0.3 is 5.97 Å². The molecule has 1 aliphatic heterocycles. The second-order valence-corrected chi connectivity index (χ2v) is 9.12. The van der Waals surface area contributed by atoms with Crippen molar-refractivity contribution in [1.82, 2.24) is 0 Å². The van der Waals surface area contributed by atoms with Crippen molar-refractivity contribution >= 4 is 5.97 Å². The van der Waals surface area contributed by atoms with Gasteiger partial charge in [0.2, 0.25) is 0 Å². The number of aliphatic hydroxyl groups excluding tert-OH is 1. The van der Waals surface area contributed by atoms with Crippen LogP contribution in [0.15, 0.2) is 24.3 Å². The van der Waals surface area contributed by atoms with Gasteiger partial charge in [-0.3, -0.25) is 0 Å². The van der Waals surface area contributed by atoms with Crippen molar-refractivity contribution in [3.8, 4) is 23.3 Å². The van der Waals surface area contributed by atoms with Gasteiger partial charge in [0, 0.05) is 5.56 Å². The third-order valence-corrected chi connectivity index (χ3v) is 5.37. The van der Waals surface area contributed by atoms with Gasteiger partial charge in [-0.05, 0) is 60.9 Å². The maximum absolute atomic E-state index is 12.9. The van der Waals surface area contributed by atoms with Crippen LogP contribution in [0.5, 0.6) is 17.2 Å². The summed E-state index contributed by atoms with van der Waals surface area (Å²) in [6.45, 7) is 10.7. The maximum Gasteiger partial charge on any atom is 0.343 e. The van der Waals surface area contributed by atoms with E-state index in [1.807, 2.05) is 32.9 Å². The molecule has 0 fully saturated rings. The molecule has 0 saturated carbocycles. The molecule has 0 saturated heterocycles. The molecule has 3 rings (SSSR count). The molecular weight excluding hydrogens is 406 g/mol. The van der Waals surface area contributed by atoms with Crippen LogP contribution in [0.3, 0.4) is 0 Å². The molecule has 0 spiro atoms. The van der Waals surface area contributed by atoms with E-state index in [-0.39, 0.29) is 29.4 Å². The van der Waals surface area contributed by atoms with Crippen LogP contribution in [0, 0.1) is 30.1 Å². The van der Waals surface area contributed by atoms with E-state index in [1.54, 1.807) is 12.1 Å². The largest absolute Gasteiger partial charge is 0.490 e. The number of esters is 1. The van der Waals surface area contributed by atoms with Crippen LogP contribution < -0.4 is 9.47 Å². The Morgan fingerprint density at radius 2 is 1.94 bits per heavy atom. The first-order valence-electron chi connectivity index (χ1n) is 11.1. The standard InChI is InChI=1S/C26H31NO5/c1-15(2)8-9-30-23-12-17(5)11-18-14-31-26(29)24-20(13-27)19(21(28)10-16(3)4)6-7-22(24)32-25(18)23/h6-7,11-12,15-16,21,28H,8-10,14H2,1-5H3. The van der Waals surface area contributed by atoms with E-state index in [1.165, 1.54) is 0 Å². The molecule has 0 aliphatic carbocycles. The zero-order valence-corrected chi connectivity index (χ0v) is 19.4. The molecule has 0 amide bonds. The van der Waals surface area contributed by atoms with Crippen molar-refractivity contribution in [2.45, 2.75) is 60.2 Å². The monoisotopic (exact) mass is 437 g/mol. The van der Waals surface area contributed by atoms with Crippen LogP contribution in [0.25, 0.3) is 0 Å². The molecule has 1 unspecified atom stereocenters. The van der Waals surface area contributed by atoms with Crippen molar-refractivity contribution in [2.24, 2.45) is 11.8 Å². The second kappa shape index (κ2) is 10.1. The molecule has 6 nitrogen and oxygen atoms in total. The minimum Gasteiger partial charge on any atom is -0.490 e. The zero-order chi connectivity index (χ0) is 23.4. The van der Waals surface area contributed by atoms with Gasteiger partial charge in [-0.15, -0.1) is 0 Å².